The van der Waals surface area contributed by atoms with Crippen LogP contribution < -0.4 is 4.90 Å². The highest BCUT2D eigenvalue weighted by atomic mass is 35.5. The average molecular weight is 272 g/mol. The fraction of sp³-hybridized carbons (Fsp3) is 0.583. The van der Waals surface area contributed by atoms with Gasteiger partial charge >= 0.3 is 0 Å². The zero-order chi connectivity index (χ0) is 12.5. The van der Waals surface area contributed by atoms with Crippen LogP contribution in [0.2, 0.25) is 5.02 Å². The van der Waals surface area contributed by atoms with Crippen LogP contribution >= 0.6 is 11.6 Å². The van der Waals surface area contributed by atoms with E-state index in [2.05, 4.69) is 9.88 Å². The Labute approximate surface area is 110 Å². The van der Waals surface area contributed by atoms with E-state index in [-0.39, 0.29) is 5.82 Å². The lowest BCUT2D eigenvalue weighted by molar-refractivity contribution is 0.0103. The molecule has 0 bridgehead atoms. The minimum absolute atomic E-state index is 0.335. The molecule has 2 aliphatic heterocycles. The number of pyridine rings is 1. The maximum absolute atomic E-state index is 13.7. The number of anilines is 1. The van der Waals surface area contributed by atoms with Crippen molar-refractivity contribution in [2.75, 3.05) is 44.3 Å². The summed E-state index contributed by atoms with van der Waals surface area (Å²) in [6.07, 6.45) is 1.49. The van der Waals surface area contributed by atoms with E-state index in [1.165, 1.54) is 12.3 Å². The third kappa shape index (κ3) is 2.30. The topological polar surface area (TPSA) is 28.6 Å². The summed E-state index contributed by atoms with van der Waals surface area (Å²) in [6, 6.07) is 1.80. The largest absolute Gasteiger partial charge is 0.379 e. The lowest BCUT2D eigenvalue weighted by Crippen LogP contribution is -2.62. The third-order valence-electron chi connectivity index (χ3n) is 3.51. The zero-order valence-corrected chi connectivity index (χ0v) is 10.7. The fourth-order valence-corrected chi connectivity index (χ4v) is 2.59. The van der Waals surface area contributed by atoms with Crippen molar-refractivity contribution in [1.29, 1.82) is 0 Å². The van der Waals surface area contributed by atoms with Crippen molar-refractivity contribution in [3.05, 3.63) is 23.1 Å². The summed E-state index contributed by atoms with van der Waals surface area (Å²) < 4.78 is 19.0. The second-order valence-corrected chi connectivity index (χ2v) is 5.10. The van der Waals surface area contributed by atoms with Gasteiger partial charge in [0.05, 0.1) is 18.2 Å². The molecule has 0 aromatic carbocycles. The van der Waals surface area contributed by atoms with E-state index < -0.39 is 0 Å². The number of morpholine rings is 1. The molecule has 2 fully saturated rings. The number of nitrogens with zero attached hydrogens (tertiary/aromatic N) is 3. The molecular weight excluding hydrogens is 257 g/mol. The van der Waals surface area contributed by atoms with E-state index in [0.29, 0.717) is 16.9 Å². The smallest absolute Gasteiger partial charge is 0.167 e. The number of hydrogen-bond donors (Lipinski definition) is 0. The maximum atomic E-state index is 13.7. The van der Waals surface area contributed by atoms with Gasteiger partial charge in [-0.3, -0.25) is 4.90 Å². The van der Waals surface area contributed by atoms with Crippen LogP contribution in [0.1, 0.15) is 0 Å². The second kappa shape index (κ2) is 4.99. The van der Waals surface area contributed by atoms with E-state index in [0.717, 1.165) is 39.4 Å². The first-order valence-electron chi connectivity index (χ1n) is 6.12. The Morgan fingerprint density at radius 1 is 1.33 bits per heavy atom. The normalized spacial score (nSPS) is 22.0. The lowest BCUT2D eigenvalue weighted by atomic mass is 10.1. The lowest BCUT2D eigenvalue weighted by Gasteiger charge is -2.47. The average Bonchev–Trinajstić information content (AvgIpc) is 2.31. The highest BCUT2D eigenvalue weighted by Crippen LogP contribution is 2.26. The van der Waals surface area contributed by atoms with E-state index in [4.69, 9.17) is 16.3 Å². The number of aromatic nitrogens is 1. The molecule has 6 heteroatoms. The van der Waals surface area contributed by atoms with E-state index in [1.807, 2.05) is 4.90 Å². The number of ether oxygens (including phenoxy) is 1. The van der Waals surface area contributed by atoms with Crippen molar-refractivity contribution in [1.82, 2.24) is 9.88 Å². The highest BCUT2D eigenvalue weighted by molar-refractivity contribution is 6.30. The Bertz CT molecular complexity index is 433. The SMILES string of the molecule is Fc1cc(Cl)cnc1N1CC(N2CCOCC2)C1. The Balaban J connectivity index is 1.61. The molecule has 98 valence electrons. The molecule has 0 aliphatic carbocycles. The minimum atomic E-state index is -0.345. The van der Waals surface area contributed by atoms with Gasteiger partial charge in [-0.1, -0.05) is 11.6 Å². The van der Waals surface area contributed by atoms with Crippen LogP contribution in [0.5, 0.6) is 0 Å². The molecule has 0 saturated carbocycles. The number of hydrogen-bond acceptors (Lipinski definition) is 4. The summed E-state index contributed by atoms with van der Waals surface area (Å²) in [7, 11) is 0. The molecule has 18 heavy (non-hydrogen) atoms. The minimum Gasteiger partial charge on any atom is -0.379 e. The van der Waals surface area contributed by atoms with Gasteiger partial charge in [0.15, 0.2) is 11.6 Å². The predicted octanol–water partition coefficient (Wildman–Crippen LogP) is 1.39. The van der Waals surface area contributed by atoms with Crippen LogP contribution in [0.3, 0.4) is 0 Å². The van der Waals surface area contributed by atoms with Crippen molar-refractivity contribution in [3.8, 4) is 0 Å². The Morgan fingerprint density at radius 3 is 2.72 bits per heavy atom. The predicted molar refractivity (Wildman–Crippen MR) is 67.6 cm³/mol. The second-order valence-electron chi connectivity index (χ2n) is 4.67. The van der Waals surface area contributed by atoms with Crippen LogP contribution in [0.25, 0.3) is 0 Å². The molecule has 0 radical (unpaired) electrons. The van der Waals surface area contributed by atoms with Gasteiger partial charge < -0.3 is 9.64 Å². The molecule has 0 spiro atoms. The molecule has 1 aromatic rings. The van der Waals surface area contributed by atoms with Gasteiger partial charge in [-0.25, -0.2) is 9.37 Å². The summed E-state index contributed by atoms with van der Waals surface area (Å²) in [5.74, 6) is 0.0619. The van der Waals surface area contributed by atoms with E-state index >= 15 is 0 Å². The Hall–Kier alpha value is -0.910. The van der Waals surface area contributed by atoms with Crippen LogP contribution in [0.4, 0.5) is 10.2 Å². The van der Waals surface area contributed by atoms with E-state index in [1.54, 1.807) is 0 Å². The van der Waals surface area contributed by atoms with Crippen LogP contribution in [0, 0.1) is 5.82 Å². The summed E-state index contributed by atoms with van der Waals surface area (Å²) in [5.41, 5.74) is 0. The quantitative estimate of drug-likeness (QED) is 0.813. The maximum Gasteiger partial charge on any atom is 0.167 e. The molecule has 2 saturated heterocycles. The fourth-order valence-electron chi connectivity index (χ4n) is 2.44. The Morgan fingerprint density at radius 2 is 2.06 bits per heavy atom. The third-order valence-corrected chi connectivity index (χ3v) is 3.72. The number of rotatable bonds is 2. The van der Waals surface area contributed by atoms with Crippen LogP contribution in [-0.2, 0) is 4.74 Å². The van der Waals surface area contributed by atoms with Gasteiger partial charge in [-0.05, 0) is 6.07 Å². The number of halogens is 2. The first-order chi connectivity index (χ1) is 8.74. The molecule has 0 atom stereocenters. The van der Waals surface area contributed by atoms with Gasteiger partial charge in [-0.15, -0.1) is 0 Å². The molecule has 3 rings (SSSR count). The summed E-state index contributed by atoms with van der Waals surface area (Å²) >= 11 is 5.69. The van der Waals surface area contributed by atoms with Gasteiger partial charge in [0.2, 0.25) is 0 Å². The van der Waals surface area contributed by atoms with Gasteiger partial charge in [-0.2, -0.15) is 0 Å². The van der Waals surface area contributed by atoms with E-state index in [9.17, 15) is 4.39 Å². The monoisotopic (exact) mass is 271 g/mol. The highest BCUT2D eigenvalue weighted by Gasteiger charge is 2.34. The van der Waals surface area contributed by atoms with Crippen molar-refractivity contribution in [2.45, 2.75) is 6.04 Å². The van der Waals surface area contributed by atoms with Crippen molar-refractivity contribution < 1.29 is 9.13 Å². The first-order valence-corrected chi connectivity index (χ1v) is 6.49. The molecule has 0 amide bonds. The molecule has 0 unspecified atom stereocenters. The molecular formula is C12H15ClFN3O. The zero-order valence-electron chi connectivity index (χ0n) is 9.98. The van der Waals surface area contributed by atoms with Crippen molar-refractivity contribution in [3.63, 3.8) is 0 Å². The summed E-state index contributed by atoms with van der Waals surface area (Å²) in [4.78, 5) is 8.40. The summed E-state index contributed by atoms with van der Waals surface area (Å²) in [6.45, 7) is 5.18. The van der Waals surface area contributed by atoms with Crippen LogP contribution in [0.15, 0.2) is 12.3 Å². The Kier molecular flexibility index (Phi) is 3.37. The van der Waals surface area contributed by atoms with Gasteiger partial charge in [0.1, 0.15) is 0 Å². The summed E-state index contributed by atoms with van der Waals surface area (Å²) in [5, 5.41) is 0.335. The first kappa shape index (κ1) is 12.1. The molecule has 3 heterocycles. The van der Waals surface area contributed by atoms with Crippen LogP contribution in [-0.4, -0.2) is 55.3 Å². The molecule has 2 aliphatic rings. The standard InChI is InChI=1S/C12H15ClFN3O/c13-9-5-11(14)12(15-6-9)17-7-10(8-17)16-1-3-18-4-2-16/h5-6,10H,1-4,7-8H2. The van der Waals surface area contributed by atoms with Gasteiger partial charge in [0.25, 0.3) is 0 Å². The van der Waals surface area contributed by atoms with Crippen molar-refractivity contribution >= 4 is 17.4 Å². The molecule has 1 aromatic heterocycles. The van der Waals surface area contributed by atoms with Gasteiger partial charge in [0, 0.05) is 38.4 Å². The van der Waals surface area contributed by atoms with Crippen molar-refractivity contribution in [2.24, 2.45) is 0 Å². The molecule has 4 nitrogen and oxygen atoms in total. The molecule has 0 N–H and O–H groups in total.